The predicted molar refractivity (Wildman–Crippen MR) is 97.0 cm³/mol. The quantitative estimate of drug-likeness (QED) is 0.716. The van der Waals surface area contributed by atoms with Gasteiger partial charge in [-0.2, -0.15) is 4.98 Å². The Hall–Kier alpha value is -1.88. The van der Waals surface area contributed by atoms with Crippen LogP contribution in [-0.2, 0) is 11.3 Å². The Morgan fingerprint density at radius 1 is 1.28 bits per heavy atom. The molecule has 1 aliphatic rings. The van der Waals surface area contributed by atoms with Crippen LogP contribution >= 0.6 is 11.6 Å². The van der Waals surface area contributed by atoms with Gasteiger partial charge in [-0.3, -0.25) is 4.79 Å². The fourth-order valence-electron chi connectivity index (χ4n) is 3.36. The number of amides is 1. The smallest absolute Gasteiger partial charge is 0.246 e. The summed E-state index contributed by atoms with van der Waals surface area (Å²) in [4.78, 5) is 18.7. The van der Waals surface area contributed by atoms with Crippen LogP contribution in [0.2, 0.25) is 5.02 Å². The van der Waals surface area contributed by atoms with Gasteiger partial charge >= 0.3 is 0 Å². The monoisotopic (exact) mass is 361 g/mol. The summed E-state index contributed by atoms with van der Waals surface area (Å²) in [6.45, 7) is 2.98. The fourth-order valence-corrected chi connectivity index (χ4v) is 3.49. The summed E-state index contributed by atoms with van der Waals surface area (Å²) in [5, 5.41) is 4.67. The second-order valence-corrected chi connectivity index (χ2v) is 7.05. The molecule has 5 nitrogen and oxygen atoms in total. The number of nitrogens with zero attached hydrogens (tertiary/aromatic N) is 3. The third kappa shape index (κ3) is 4.82. The number of halogens is 1. The first-order chi connectivity index (χ1) is 12.2. The predicted octanol–water partition coefficient (Wildman–Crippen LogP) is 4.71. The Labute approximate surface area is 153 Å². The Morgan fingerprint density at radius 2 is 2.00 bits per heavy atom. The second kappa shape index (κ2) is 8.48. The van der Waals surface area contributed by atoms with Crippen LogP contribution in [0.5, 0.6) is 0 Å². The summed E-state index contributed by atoms with van der Waals surface area (Å²) in [7, 11) is 0. The van der Waals surface area contributed by atoms with Crippen LogP contribution < -0.4 is 0 Å². The Morgan fingerprint density at radius 3 is 2.68 bits per heavy atom. The molecule has 0 unspecified atom stereocenters. The maximum Gasteiger partial charge on any atom is 0.246 e. The molecule has 0 N–H and O–H groups in total. The summed E-state index contributed by atoms with van der Waals surface area (Å²) in [5.41, 5.74) is 0.843. The first-order valence-corrected chi connectivity index (χ1v) is 9.39. The van der Waals surface area contributed by atoms with E-state index in [4.69, 9.17) is 16.1 Å². The molecule has 0 atom stereocenters. The zero-order valence-electron chi connectivity index (χ0n) is 14.6. The summed E-state index contributed by atoms with van der Waals surface area (Å²) in [6, 6.07) is 7.28. The van der Waals surface area contributed by atoms with Gasteiger partial charge in [-0.15, -0.1) is 0 Å². The normalized spacial score (nSPS) is 14.8. The minimum atomic E-state index is 0.167. The van der Waals surface area contributed by atoms with Crippen molar-refractivity contribution in [3.8, 4) is 11.4 Å². The summed E-state index contributed by atoms with van der Waals surface area (Å²) >= 11 is 5.90. The number of hydrogen-bond acceptors (Lipinski definition) is 4. The molecule has 0 saturated heterocycles. The standard InChI is InChI=1S/C19H24ClN3O2/c1-2-23(18(24)12-7-14-5-3-4-6-14)13-17-21-19(22-25-17)15-8-10-16(20)11-9-15/h8-11,14H,2-7,12-13H2,1H3. The fraction of sp³-hybridized carbons (Fsp3) is 0.526. The van der Waals surface area contributed by atoms with Gasteiger partial charge in [0.2, 0.25) is 17.6 Å². The lowest BCUT2D eigenvalue weighted by atomic mass is 10.0. The molecule has 0 aliphatic heterocycles. The average molecular weight is 362 g/mol. The van der Waals surface area contributed by atoms with E-state index in [9.17, 15) is 4.79 Å². The van der Waals surface area contributed by atoms with Gasteiger partial charge in [-0.1, -0.05) is 42.4 Å². The summed E-state index contributed by atoms with van der Waals surface area (Å²) in [5.74, 6) is 1.87. The largest absolute Gasteiger partial charge is 0.337 e. The lowest BCUT2D eigenvalue weighted by Gasteiger charge is -2.19. The molecule has 1 heterocycles. The third-order valence-electron chi connectivity index (χ3n) is 4.87. The molecule has 134 valence electrons. The molecule has 0 bridgehead atoms. The summed E-state index contributed by atoms with van der Waals surface area (Å²) < 4.78 is 5.32. The number of aromatic nitrogens is 2. The van der Waals surface area contributed by atoms with Gasteiger partial charge in [-0.05, 0) is 43.5 Å². The van der Waals surface area contributed by atoms with Gasteiger partial charge in [0.25, 0.3) is 0 Å². The van der Waals surface area contributed by atoms with Gasteiger partial charge in [-0.25, -0.2) is 0 Å². The van der Waals surface area contributed by atoms with Gasteiger partial charge in [0.15, 0.2) is 0 Å². The molecule has 0 radical (unpaired) electrons. The van der Waals surface area contributed by atoms with Gasteiger partial charge in [0.05, 0.1) is 6.54 Å². The number of hydrogen-bond donors (Lipinski definition) is 0. The Bertz CT molecular complexity index is 693. The molecule has 6 heteroatoms. The lowest BCUT2D eigenvalue weighted by Crippen LogP contribution is -2.30. The highest BCUT2D eigenvalue weighted by atomic mass is 35.5. The molecule has 2 aromatic rings. The van der Waals surface area contributed by atoms with Crippen molar-refractivity contribution in [1.29, 1.82) is 0 Å². The third-order valence-corrected chi connectivity index (χ3v) is 5.12. The first-order valence-electron chi connectivity index (χ1n) is 9.02. The molecular formula is C19H24ClN3O2. The highest BCUT2D eigenvalue weighted by molar-refractivity contribution is 6.30. The van der Waals surface area contributed by atoms with Crippen molar-refractivity contribution in [3.05, 3.63) is 35.2 Å². The molecule has 1 aromatic carbocycles. The molecular weight excluding hydrogens is 338 g/mol. The van der Waals surface area contributed by atoms with E-state index in [-0.39, 0.29) is 5.91 Å². The number of rotatable bonds is 7. The van der Waals surface area contributed by atoms with Crippen molar-refractivity contribution >= 4 is 17.5 Å². The van der Waals surface area contributed by atoms with E-state index in [1.807, 2.05) is 19.1 Å². The zero-order chi connectivity index (χ0) is 17.6. The Balaban J connectivity index is 1.57. The van der Waals surface area contributed by atoms with Crippen molar-refractivity contribution in [2.24, 2.45) is 5.92 Å². The van der Waals surface area contributed by atoms with Crippen LogP contribution in [-0.4, -0.2) is 27.5 Å². The molecule has 0 spiro atoms. The Kier molecular flexibility index (Phi) is 6.08. The highest BCUT2D eigenvalue weighted by Crippen LogP contribution is 2.28. The molecule has 1 saturated carbocycles. The van der Waals surface area contributed by atoms with Crippen LogP contribution in [0.3, 0.4) is 0 Å². The van der Waals surface area contributed by atoms with Crippen molar-refractivity contribution in [2.75, 3.05) is 6.54 Å². The van der Waals surface area contributed by atoms with Crippen LogP contribution in [0, 0.1) is 5.92 Å². The van der Waals surface area contributed by atoms with Crippen molar-refractivity contribution in [2.45, 2.75) is 52.0 Å². The van der Waals surface area contributed by atoms with E-state index in [1.165, 1.54) is 25.7 Å². The van der Waals surface area contributed by atoms with E-state index in [0.717, 1.165) is 17.9 Å². The average Bonchev–Trinajstić information content (AvgIpc) is 3.30. The van der Waals surface area contributed by atoms with E-state index in [0.29, 0.717) is 36.2 Å². The van der Waals surface area contributed by atoms with Crippen molar-refractivity contribution < 1.29 is 9.32 Å². The van der Waals surface area contributed by atoms with Crippen molar-refractivity contribution in [3.63, 3.8) is 0 Å². The van der Waals surface area contributed by atoms with E-state index in [2.05, 4.69) is 10.1 Å². The molecule has 1 aromatic heterocycles. The van der Waals surface area contributed by atoms with Crippen molar-refractivity contribution in [1.82, 2.24) is 15.0 Å². The zero-order valence-corrected chi connectivity index (χ0v) is 15.3. The maximum atomic E-state index is 12.5. The number of benzene rings is 1. The molecule has 25 heavy (non-hydrogen) atoms. The molecule has 1 fully saturated rings. The van der Waals surface area contributed by atoms with Crippen LogP contribution in [0.4, 0.5) is 0 Å². The lowest BCUT2D eigenvalue weighted by molar-refractivity contribution is -0.132. The van der Waals surface area contributed by atoms with Crippen LogP contribution in [0.15, 0.2) is 28.8 Å². The highest BCUT2D eigenvalue weighted by Gasteiger charge is 2.20. The summed E-state index contributed by atoms with van der Waals surface area (Å²) in [6.07, 6.45) is 6.77. The van der Waals surface area contributed by atoms with E-state index < -0.39 is 0 Å². The SMILES string of the molecule is CCN(Cc1nc(-c2ccc(Cl)cc2)no1)C(=O)CCC1CCCC1. The topological polar surface area (TPSA) is 59.2 Å². The van der Waals surface area contributed by atoms with Gasteiger partial charge in [0, 0.05) is 23.6 Å². The maximum absolute atomic E-state index is 12.5. The molecule has 3 rings (SSSR count). The minimum Gasteiger partial charge on any atom is -0.337 e. The first kappa shape index (κ1) is 17.9. The van der Waals surface area contributed by atoms with E-state index >= 15 is 0 Å². The molecule has 1 amide bonds. The molecule has 1 aliphatic carbocycles. The van der Waals surface area contributed by atoms with Gasteiger partial charge in [0.1, 0.15) is 0 Å². The minimum absolute atomic E-state index is 0.167. The number of carbonyl (C=O) groups is 1. The van der Waals surface area contributed by atoms with Crippen LogP contribution in [0.1, 0.15) is 51.3 Å². The van der Waals surface area contributed by atoms with Gasteiger partial charge < -0.3 is 9.42 Å². The van der Waals surface area contributed by atoms with E-state index in [1.54, 1.807) is 17.0 Å². The number of carbonyl (C=O) groups excluding carboxylic acids is 1. The van der Waals surface area contributed by atoms with Crippen LogP contribution in [0.25, 0.3) is 11.4 Å². The second-order valence-electron chi connectivity index (χ2n) is 6.62.